The molecule has 0 aromatic rings. The Kier molecular flexibility index (Phi) is 1.46. The lowest BCUT2D eigenvalue weighted by atomic mass is 10.5. The fourth-order valence-corrected chi connectivity index (χ4v) is 1.64. The molecule has 0 unspecified atom stereocenters. The summed E-state index contributed by atoms with van der Waals surface area (Å²) in [5.74, 6) is 0.399. The number of rotatable bonds is 1. The predicted molar refractivity (Wildman–Crippen MR) is 36.4 cm³/mol. The van der Waals surface area contributed by atoms with Gasteiger partial charge in [-0.25, -0.2) is 0 Å². The van der Waals surface area contributed by atoms with Crippen LogP contribution >= 0.6 is 23.2 Å². The van der Waals surface area contributed by atoms with Gasteiger partial charge < -0.3 is 5.32 Å². The lowest BCUT2D eigenvalue weighted by Gasteiger charge is -1.92. The van der Waals surface area contributed by atoms with Crippen molar-refractivity contribution in [1.29, 1.82) is 0 Å². The molecule has 1 aliphatic carbocycles. The topological polar surface area (TPSA) is 12.0 Å². The summed E-state index contributed by atoms with van der Waals surface area (Å²) in [7, 11) is 1.87. The molecule has 0 bridgehead atoms. The quantitative estimate of drug-likeness (QED) is 0.563. The first-order valence-electron chi connectivity index (χ1n) is 2.65. The lowest BCUT2D eigenvalue weighted by molar-refractivity contribution is 0.746. The van der Waals surface area contributed by atoms with Crippen molar-refractivity contribution < 1.29 is 0 Å². The van der Waals surface area contributed by atoms with E-state index < -0.39 is 4.33 Å². The molecule has 0 radical (unpaired) electrons. The number of alkyl halides is 2. The van der Waals surface area contributed by atoms with Gasteiger partial charge in [-0.15, -0.1) is 0 Å². The van der Waals surface area contributed by atoms with Gasteiger partial charge in [0.2, 0.25) is 0 Å². The second-order valence-electron chi connectivity index (χ2n) is 2.23. The molecular weight excluding hydrogens is 145 g/mol. The minimum absolute atomic E-state index is 0.297. The monoisotopic (exact) mass is 153 g/mol. The van der Waals surface area contributed by atoms with Crippen LogP contribution in [0, 0.1) is 5.92 Å². The van der Waals surface area contributed by atoms with Crippen LogP contribution in [0.4, 0.5) is 0 Å². The number of halogens is 2. The van der Waals surface area contributed by atoms with Crippen LogP contribution in [0.2, 0.25) is 0 Å². The molecule has 0 amide bonds. The third kappa shape index (κ3) is 0.734. The smallest absolute Gasteiger partial charge is 0.137 e. The van der Waals surface area contributed by atoms with E-state index in [-0.39, 0.29) is 0 Å². The van der Waals surface area contributed by atoms with Crippen molar-refractivity contribution >= 4 is 23.2 Å². The summed E-state index contributed by atoms with van der Waals surface area (Å²) < 4.78 is -0.491. The molecule has 0 heterocycles. The Hall–Kier alpha value is 0.540. The average molecular weight is 154 g/mol. The third-order valence-corrected chi connectivity index (χ3v) is 2.88. The second kappa shape index (κ2) is 1.76. The molecule has 1 aliphatic rings. The zero-order chi connectivity index (χ0) is 6.36. The molecular formula is C5H9Cl2N. The summed E-state index contributed by atoms with van der Waals surface area (Å²) in [4.78, 5) is 0. The molecule has 1 N–H and O–H groups in total. The number of hydrogen-bond donors (Lipinski definition) is 1. The Morgan fingerprint density at radius 1 is 1.50 bits per heavy atom. The summed E-state index contributed by atoms with van der Waals surface area (Å²) in [6, 6.07) is 0.297. The van der Waals surface area contributed by atoms with E-state index in [0.29, 0.717) is 12.0 Å². The largest absolute Gasteiger partial charge is 0.314 e. The predicted octanol–water partition coefficient (Wildman–Crippen LogP) is 1.40. The van der Waals surface area contributed by atoms with Crippen LogP contribution in [0.5, 0.6) is 0 Å². The Morgan fingerprint density at radius 2 is 1.88 bits per heavy atom. The molecule has 0 spiro atoms. The van der Waals surface area contributed by atoms with E-state index in [4.69, 9.17) is 23.2 Å². The third-order valence-electron chi connectivity index (χ3n) is 1.72. The zero-order valence-corrected chi connectivity index (χ0v) is 6.42. The fourth-order valence-electron chi connectivity index (χ4n) is 0.922. The summed E-state index contributed by atoms with van der Waals surface area (Å²) in [5, 5.41) is 3.02. The van der Waals surface area contributed by atoms with Gasteiger partial charge in [-0.2, -0.15) is 0 Å². The van der Waals surface area contributed by atoms with Gasteiger partial charge in [0.25, 0.3) is 0 Å². The second-order valence-corrected chi connectivity index (χ2v) is 3.67. The van der Waals surface area contributed by atoms with E-state index in [1.54, 1.807) is 0 Å². The highest BCUT2D eigenvalue weighted by Crippen LogP contribution is 2.52. The first kappa shape index (κ1) is 6.66. The van der Waals surface area contributed by atoms with E-state index in [1.165, 1.54) is 0 Å². The molecule has 3 heteroatoms. The normalized spacial score (nSPS) is 42.0. The Balaban J connectivity index is 2.45. The van der Waals surface area contributed by atoms with Crippen molar-refractivity contribution in [2.75, 3.05) is 7.05 Å². The summed E-state index contributed by atoms with van der Waals surface area (Å²) in [5.41, 5.74) is 0. The van der Waals surface area contributed by atoms with Crippen LogP contribution in [-0.4, -0.2) is 17.4 Å². The van der Waals surface area contributed by atoms with E-state index in [2.05, 4.69) is 5.32 Å². The first-order chi connectivity index (χ1) is 3.60. The van der Waals surface area contributed by atoms with Gasteiger partial charge in [0.15, 0.2) is 0 Å². The lowest BCUT2D eigenvalue weighted by Crippen LogP contribution is -2.14. The van der Waals surface area contributed by atoms with Gasteiger partial charge >= 0.3 is 0 Å². The van der Waals surface area contributed by atoms with Gasteiger partial charge in [-0.1, -0.05) is 30.1 Å². The molecule has 1 rings (SSSR count). The molecule has 0 aromatic heterocycles. The zero-order valence-electron chi connectivity index (χ0n) is 4.91. The molecule has 0 aliphatic heterocycles. The molecule has 2 atom stereocenters. The van der Waals surface area contributed by atoms with E-state index in [9.17, 15) is 0 Å². The van der Waals surface area contributed by atoms with Gasteiger partial charge in [0.05, 0.1) is 0 Å². The molecule has 0 aromatic carbocycles. The maximum atomic E-state index is 5.76. The van der Waals surface area contributed by atoms with Gasteiger partial charge in [-0.05, 0) is 7.05 Å². The Bertz CT molecular complexity index is 103. The van der Waals surface area contributed by atoms with E-state index in [1.807, 2.05) is 14.0 Å². The summed E-state index contributed by atoms with van der Waals surface area (Å²) in [6.45, 7) is 2.03. The standard InChI is InChI=1S/C5H9Cl2N/c1-3-4(8-2)5(3,6)7/h3-4,8H,1-2H3/t3-,4-/m0/s1. The van der Waals surface area contributed by atoms with Crippen LogP contribution in [0.25, 0.3) is 0 Å². The summed E-state index contributed by atoms with van der Waals surface area (Å²) in [6.07, 6.45) is 0. The van der Waals surface area contributed by atoms with E-state index >= 15 is 0 Å². The van der Waals surface area contributed by atoms with Gasteiger partial charge in [0, 0.05) is 12.0 Å². The van der Waals surface area contributed by atoms with Gasteiger partial charge in [0.1, 0.15) is 4.33 Å². The molecule has 1 saturated carbocycles. The minimum Gasteiger partial charge on any atom is -0.314 e. The Labute approximate surface area is 59.3 Å². The summed E-state index contributed by atoms with van der Waals surface area (Å²) >= 11 is 11.5. The fraction of sp³-hybridized carbons (Fsp3) is 1.00. The van der Waals surface area contributed by atoms with Crippen molar-refractivity contribution in [3.8, 4) is 0 Å². The molecule has 48 valence electrons. The minimum atomic E-state index is -0.491. The van der Waals surface area contributed by atoms with Crippen molar-refractivity contribution in [2.24, 2.45) is 5.92 Å². The molecule has 8 heavy (non-hydrogen) atoms. The Morgan fingerprint density at radius 3 is 1.88 bits per heavy atom. The van der Waals surface area contributed by atoms with Crippen molar-refractivity contribution in [1.82, 2.24) is 5.32 Å². The van der Waals surface area contributed by atoms with Crippen LogP contribution in [0.1, 0.15) is 6.92 Å². The number of hydrogen-bond acceptors (Lipinski definition) is 1. The van der Waals surface area contributed by atoms with Crippen LogP contribution < -0.4 is 5.32 Å². The maximum Gasteiger partial charge on any atom is 0.137 e. The first-order valence-corrected chi connectivity index (χ1v) is 3.41. The van der Waals surface area contributed by atoms with Crippen molar-refractivity contribution in [2.45, 2.75) is 17.3 Å². The molecule has 0 saturated heterocycles. The average Bonchev–Trinajstić information content (AvgIpc) is 2.09. The van der Waals surface area contributed by atoms with Crippen molar-refractivity contribution in [3.63, 3.8) is 0 Å². The van der Waals surface area contributed by atoms with Crippen LogP contribution in [0.15, 0.2) is 0 Å². The number of nitrogens with one attached hydrogen (secondary N) is 1. The maximum absolute atomic E-state index is 5.76. The van der Waals surface area contributed by atoms with Crippen LogP contribution in [0.3, 0.4) is 0 Å². The van der Waals surface area contributed by atoms with E-state index in [0.717, 1.165) is 0 Å². The molecule has 1 nitrogen and oxygen atoms in total. The van der Waals surface area contributed by atoms with Crippen LogP contribution in [-0.2, 0) is 0 Å². The highest BCUT2D eigenvalue weighted by Gasteiger charge is 2.59. The van der Waals surface area contributed by atoms with Crippen molar-refractivity contribution in [3.05, 3.63) is 0 Å². The highest BCUT2D eigenvalue weighted by molar-refractivity contribution is 6.51. The van der Waals surface area contributed by atoms with Gasteiger partial charge in [-0.3, -0.25) is 0 Å². The molecule has 1 fully saturated rings. The highest BCUT2D eigenvalue weighted by atomic mass is 35.5. The SMILES string of the molecule is CN[C@H]1[C@H](C)C1(Cl)Cl.